The highest BCUT2D eigenvalue weighted by atomic mass is 35.5. The maximum atomic E-state index is 12.5. The number of benzene rings is 1. The van der Waals surface area contributed by atoms with Crippen molar-refractivity contribution in [2.75, 3.05) is 18.5 Å². The Morgan fingerprint density at radius 2 is 1.86 bits per heavy atom. The van der Waals surface area contributed by atoms with Crippen LogP contribution in [0, 0.1) is 17.8 Å². The lowest BCUT2D eigenvalue weighted by Gasteiger charge is -2.19. The predicted octanol–water partition coefficient (Wildman–Crippen LogP) is 3.88. The first kappa shape index (κ1) is 20.6. The fourth-order valence-electron chi connectivity index (χ4n) is 3.84. The van der Waals surface area contributed by atoms with Crippen molar-refractivity contribution in [2.24, 2.45) is 17.8 Å². The molecule has 1 saturated heterocycles. The van der Waals surface area contributed by atoms with Crippen LogP contribution in [-0.4, -0.2) is 35.8 Å². The van der Waals surface area contributed by atoms with E-state index in [4.69, 9.17) is 16.3 Å². The lowest BCUT2D eigenvalue weighted by molar-refractivity contribution is -0.140. The summed E-state index contributed by atoms with van der Waals surface area (Å²) in [5.74, 6) is 0.110. The number of ether oxygens (including phenoxy) is 1. The highest BCUT2D eigenvalue weighted by Crippen LogP contribution is 2.38. The molecule has 2 unspecified atom stereocenters. The minimum absolute atomic E-state index is 0.0696. The Hall–Kier alpha value is -2.08. The van der Waals surface area contributed by atoms with E-state index in [0.717, 1.165) is 25.7 Å². The van der Waals surface area contributed by atoms with Gasteiger partial charge in [-0.1, -0.05) is 38.3 Å². The quantitative estimate of drug-likeness (QED) is 0.697. The van der Waals surface area contributed by atoms with Gasteiger partial charge in [0.25, 0.3) is 0 Å². The number of hydrogen-bond acceptors (Lipinski definition) is 4. The second kappa shape index (κ2) is 8.95. The van der Waals surface area contributed by atoms with Gasteiger partial charge in [-0.2, -0.15) is 0 Å². The molecule has 3 rings (SSSR count). The molecule has 28 heavy (non-hydrogen) atoms. The summed E-state index contributed by atoms with van der Waals surface area (Å²) in [5, 5.41) is 3.19. The molecule has 1 saturated carbocycles. The number of amides is 3. The smallest absolute Gasteiger partial charge is 0.233 e. The van der Waals surface area contributed by atoms with Crippen molar-refractivity contribution in [3.8, 4) is 5.75 Å². The fourth-order valence-corrected chi connectivity index (χ4v) is 4.08. The molecule has 7 heteroatoms. The van der Waals surface area contributed by atoms with Crippen molar-refractivity contribution in [2.45, 2.75) is 46.0 Å². The van der Waals surface area contributed by atoms with E-state index in [9.17, 15) is 14.4 Å². The molecule has 1 aromatic carbocycles. The minimum Gasteiger partial charge on any atom is -0.492 e. The molecule has 0 bridgehead atoms. The van der Waals surface area contributed by atoms with Crippen molar-refractivity contribution < 1.29 is 19.1 Å². The summed E-state index contributed by atoms with van der Waals surface area (Å²) in [6, 6.07) is 5.08. The summed E-state index contributed by atoms with van der Waals surface area (Å²) in [7, 11) is 0. The monoisotopic (exact) mass is 406 g/mol. The molecule has 0 radical (unpaired) electrons. The summed E-state index contributed by atoms with van der Waals surface area (Å²) in [6.45, 7) is 4.78. The number of halogens is 1. The van der Waals surface area contributed by atoms with Gasteiger partial charge in [-0.3, -0.25) is 19.3 Å². The third kappa shape index (κ3) is 4.66. The minimum atomic E-state index is -0.262. The molecule has 2 atom stereocenters. The Kier molecular flexibility index (Phi) is 6.60. The van der Waals surface area contributed by atoms with E-state index < -0.39 is 0 Å². The SMILES string of the molecule is CC(C)COc1ccc(NC(=O)CCN2C(=O)C3CCCCC3C2=O)cc1Cl. The topological polar surface area (TPSA) is 75.7 Å². The van der Waals surface area contributed by atoms with Gasteiger partial charge in [-0.15, -0.1) is 0 Å². The number of nitrogens with zero attached hydrogens (tertiary/aromatic N) is 1. The number of hydrogen-bond donors (Lipinski definition) is 1. The number of nitrogens with one attached hydrogen (secondary N) is 1. The molecule has 0 aromatic heterocycles. The maximum absolute atomic E-state index is 12.5. The molecule has 3 amide bonds. The average Bonchev–Trinajstić information content (AvgIpc) is 2.90. The van der Waals surface area contributed by atoms with Crippen molar-refractivity contribution in [1.29, 1.82) is 0 Å². The van der Waals surface area contributed by atoms with Crippen LogP contribution < -0.4 is 10.1 Å². The lowest BCUT2D eigenvalue weighted by atomic mass is 9.81. The van der Waals surface area contributed by atoms with Gasteiger partial charge in [0.2, 0.25) is 17.7 Å². The lowest BCUT2D eigenvalue weighted by Crippen LogP contribution is -2.34. The number of fused-ring (bicyclic) bond motifs is 1. The summed E-state index contributed by atoms with van der Waals surface area (Å²) >= 11 is 6.21. The highest BCUT2D eigenvalue weighted by molar-refractivity contribution is 6.32. The highest BCUT2D eigenvalue weighted by Gasteiger charge is 2.47. The third-order valence-electron chi connectivity index (χ3n) is 5.28. The van der Waals surface area contributed by atoms with Crippen LogP contribution in [0.25, 0.3) is 0 Å². The van der Waals surface area contributed by atoms with Gasteiger partial charge >= 0.3 is 0 Å². The third-order valence-corrected chi connectivity index (χ3v) is 5.58. The normalized spacial score (nSPS) is 21.8. The van der Waals surface area contributed by atoms with Crippen LogP contribution >= 0.6 is 11.6 Å². The molecular weight excluding hydrogens is 380 g/mol. The zero-order valence-electron chi connectivity index (χ0n) is 16.4. The first-order chi connectivity index (χ1) is 13.4. The fraction of sp³-hybridized carbons (Fsp3) is 0.571. The Balaban J connectivity index is 1.52. The van der Waals surface area contributed by atoms with Crippen molar-refractivity contribution in [1.82, 2.24) is 4.90 Å². The van der Waals surface area contributed by atoms with Crippen molar-refractivity contribution >= 4 is 35.0 Å². The Bertz CT molecular complexity index is 741. The van der Waals surface area contributed by atoms with Gasteiger partial charge in [-0.05, 0) is 37.0 Å². The van der Waals surface area contributed by atoms with E-state index in [1.807, 2.05) is 13.8 Å². The van der Waals surface area contributed by atoms with Gasteiger partial charge in [0.1, 0.15) is 5.75 Å². The molecule has 1 aliphatic carbocycles. The van der Waals surface area contributed by atoms with E-state index in [-0.39, 0.29) is 42.5 Å². The largest absolute Gasteiger partial charge is 0.492 e. The summed E-state index contributed by atoms with van der Waals surface area (Å²) < 4.78 is 5.62. The Morgan fingerprint density at radius 1 is 1.21 bits per heavy atom. The van der Waals surface area contributed by atoms with Crippen LogP contribution in [0.1, 0.15) is 46.0 Å². The Labute approximate surface area is 170 Å². The summed E-state index contributed by atoms with van der Waals surface area (Å²) in [4.78, 5) is 38.5. The van der Waals surface area contributed by atoms with Crippen molar-refractivity contribution in [3.63, 3.8) is 0 Å². The van der Waals surface area contributed by atoms with Crippen LogP contribution in [0.2, 0.25) is 5.02 Å². The molecule has 1 aromatic rings. The number of imide groups is 1. The number of rotatable bonds is 7. The predicted molar refractivity (Wildman–Crippen MR) is 107 cm³/mol. The molecule has 2 aliphatic rings. The van der Waals surface area contributed by atoms with Gasteiger partial charge < -0.3 is 10.1 Å². The molecule has 152 valence electrons. The molecular formula is C21H27ClN2O4. The molecule has 1 heterocycles. The maximum Gasteiger partial charge on any atom is 0.233 e. The van der Waals surface area contributed by atoms with Gasteiger partial charge in [-0.25, -0.2) is 0 Å². The zero-order chi connectivity index (χ0) is 20.3. The van der Waals surface area contributed by atoms with E-state index >= 15 is 0 Å². The van der Waals surface area contributed by atoms with Crippen LogP contribution in [0.3, 0.4) is 0 Å². The first-order valence-corrected chi connectivity index (χ1v) is 10.3. The zero-order valence-corrected chi connectivity index (χ0v) is 17.1. The number of likely N-dealkylation sites (tertiary alicyclic amines) is 1. The van der Waals surface area contributed by atoms with E-state index in [1.165, 1.54) is 4.90 Å². The molecule has 0 spiro atoms. The van der Waals surface area contributed by atoms with Gasteiger partial charge in [0, 0.05) is 18.7 Å². The Morgan fingerprint density at radius 3 is 2.43 bits per heavy atom. The molecule has 6 nitrogen and oxygen atoms in total. The van der Waals surface area contributed by atoms with Crippen LogP contribution in [0.15, 0.2) is 18.2 Å². The first-order valence-electron chi connectivity index (χ1n) is 9.94. The van der Waals surface area contributed by atoms with E-state index in [0.29, 0.717) is 29.0 Å². The van der Waals surface area contributed by atoms with Crippen LogP contribution in [-0.2, 0) is 14.4 Å². The van der Waals surface area contributed by atoms with Crippen molar-refractivity contribution in [3.05, 3.63) is 23.2 Å². The molecule has 1 N–H and O–H groups in total. The second-order valence-corrected chi connectivity index (χ2v) is 8.38. The van der Waals surface area contributed by atoms with Gasteiger partial charge in [0.05, 0.1) is 23.5 Å². The summed E-state index contributed by atoms with van der Waals surface area (Å²) in [6.07, 6.45) is 3.61. The van der Waals surface area contributed by atoms with Gasteiger partial charge in [0.15, 0.2) is 0 Å². The molecule has 2 fully saturated rings. The summed E-state index contributed by atoms with van der Waals surface area (Å²) in [5.41, 5.74) is 0.555. The number of carbonyl (C=O) groups is 3. The average molecular weight is 407 g/mol. The van der Waals surface area contributed by atoms with Crippen LogP contribution in [0.4, 0.5) is 5.69 Å². The van der Waals surface area contributed by atoms with Crippen LogP contribution in [0.5, 0.6) is 5.75 Å². The second-order valence-electron chi connectivity index (χ2n) is 7.97. The molecule has 1 aliphatic heterocycles. The number of anilines is 1. The van der Waals surface area contributed by atoms with E-state index in [2.05, 4.69) is 5.32 Å². The number of carbonyl (C=O) groups excluding carboxylic acids is 3. The van der Waals surface area contributed by atoms with E-state index in [1.54, 1.807) is 18.2 Å². The standard InChI is InChI=1S/C21H27ClN2O4/c1-13(2)12-28-18-8-7-14(11-17(18)22)23-19(25)9-10-24-20(26)15-5-3-4-6-16(15)21(24)27/h7-8,11,13,15-16H,3-6,9-10,12H2,1-2H3,(H,23,25).